The molecule has 0 aliphatic heterocycles. The maximum Gasteiger partial charge on any atom is 0.417 e. The number of rotatable bonds is 4. The Morgan fingerprint density at radius 3 is 2.35 bits per heavy atom. The van der Waals surface area contributed by atoms with Gasteiger partial charge in [-0.3, -0.25) is 0 Å². The Hall–Kier alpha value is -1.45. The van der Waals surface area contributed by atoms with Crippen LogP contribution in [-0.2, 0) is 22.7 Å². The number of alkyl halides is 3. The van der Waals surface area contributed by atoms with Gasteiger partial charge in [0.25, 0.3) is 0 Å². The van der Waals surface area contributed by atoms with E-state index < -0.39 is 32.5 Å². The largest absolute Gasteiger partial charge is 0.417 e. The van der Waals surface area contributed by atoms with E-state index in [4.69, 9.17) is 0 Å². The van der Waals surface area contributed by atoms with Crippen LogP contribution in [0, 0.1) is 5.82 Å². The first kappa shape index (κ1) is 17.9. The molecule has 0 heterocycles. The summed E-state index contributed by atoms with van der Waals surface area (Å²) >= 11 is 2.73. The maximum atomic E-state index is 13.5. The summed E-state index contributed by atoms with van der Waals surface area (Å²) in [6.07, 6.45) is -4.70. The molecule has 124 valence electrons. The summed E-state index contributed by atoms with van der Waals surface area (Å²) in [6.45, 7) is -0.369. The van der Waals surface area contributed by atoms with Crippen LogP contribution in [-0.4, -0.2) is 8.42 Å². The quantitative estimate of drug-likeness (QED) is 0.770. The summed E-state index contributed by atoms with van der Waals surface area (Å²) in [7, 11) is -4.21. The van der Waals surface area contributed by atoms with Crippen LogP contribution in [0.1, 0.15) is 11.1 Å². The molecule has 0 spiro atoms. The third-order valence-electron chi connectivity index (χ3n) is 2.96. The van der Waals surface area contributed by atoms with E-state index in [9.17, 15) is 26.0 Å². The third-order valence-corrected chi connectivity index (χ3v) is 5.05. The molecule has 0 atom stereocenters. The van der Waals surface area contributed by atoms with E-state index in [2.05, 4.69) is 20.7 Å². The molecule has 9 heteroatoms. The molecule has 0 radical (unpaired) electrons. The molecule has 2 aromatic carbocycles. The van der Waals surface area contributed by atoms with Gasteiger partial charge in [0, 0.05) is 16.6 Å². The topological polar surface area (TPSA) is 46.2 Å². The number of nitrogens with one attached hydrogen (secondary N) is 1. The second-order valence-electron chi connectivity index (χ2n) is 4.56. The monoisotopic (exact) mass is 411 g/mol. The molecular weight excluding hydrogens is 402 g/mol. The van der Waals surface area contributed by atoms with Crippen LogP contribution < -0.4 is 4.72 Å². The molecule has 0 aliphatic carbocycles. The molecule has 0 unspecified atom stereocenters. The average molecular weight is 412 g/mol. The van der Waals surface area contributed by atoms with Gasteiger partial charge in [-0.1, -0.05) is 34.1 Å². The van der Waals surface area contributed by atoms with Crippen molar-refractivity contribution in [3.05, 3.63) is 63.9 Å². The molecule has 0 fully saturated rings. The summed E-state index contributed by atoms with van der Waals surface area (Å²) < 4.78 is 77.9. The van der Waals surface area contributed by atoms with Crippen molar-refractivity contribution in [2.75, 3.05) is 0 Å². The molecule has 1 N–H and O–H groups in total. The van der Waals surface area contributed by atoms with E-state index >= 15 is 0 Å². The number of sulfonamides is 1. The van der Waals surface area contributed by atoms with Gasteiger partial charge in [0.15, 0.2) is 0 Å². The molecule has 0 saturated carbocycles. The van der Waals surface area contributed by atoms with Gasteiger partial charge in [0.1, 0.15) is 5.82 Å². The van der Waals surface area contributed by atoms with Crippen LogP contribution in [0.15, 0.2) is 51.8 Å². The summed E-state index contributed by atoms with van der Waals surface area (Å²) in [5, 5.41) is 0. The molecule has 0 bridgehead atoms. The lowest BCUT2D eigenvalue weighted by Crippen LogP contribution is -2.24. The fraction of sp³-hybridized carbons (Fsp3) is 0.143. The van der Waals surface area contributed by atoms with Gasteiger partial charge in [-0.15, -0.1) is 0 Å². The first-order valence-electron chi connectivity index (χ1n) is 6.21. The smallest absolute Gasteiger partial charge is 0.207 e. The molecule has 23 heavy (non-hydrogen) atoms. The van der Waals surface area contributed by atoms with E-state index in [0.29, 0.717) is 6.07 Å². The lowest BCUT2D eigenvalue weighted by molar-refractivity contribution is -0.138. The van der Waals surface area contributed by atoms with Crippen LogP contribution in [0.4, 0.5) is 17.6 Å². The van der Waals surface area contributed by atoms with Crippen molar-refractivity contribution in [1.82, 2.24) is 4.72 Å². The van der Waals surface area contributed by atoms with E-state index in [1.54, 1.807) is 0 Å². The van der Waals surface area contributed by atoms with Crippen molar-refractivity contribution in [2.45, 2.75) is 17.6 Å². The molecule has 2 rings (SSSR count). The first-order chi connectivity index (χ1) is 10.6. The van der Waals surface area contributed by atoms with Gasteiger partial charge in [-0.2, -0.15) is 13.2 Å². The highest BCUT2D eigenvalue weighted by Gasteiger charge is 2.34. The number of hydrogen-bond acceptors (Lipinski definition) is 2. The van der Waals surface area contributed by atoms with Gasteiger partial charge in [-0.25, -0.2) is 17.5 Å². The molecular formula is C14H10BrF4NO2S. The zero-order valence-corrected chi connectivity index (χ0v) is 13.8. The van der Waals surface area contributed by atoms with Crippen LogP contribution in [0.3, 0.4) is 0 Å². The van der Waals surface area contributed by atoms with Gasteiger partial charge in [-0.05, 0) is 24.3 Å². The minimum atomic E-state index is -4.70. The third kappa shape index (κ3) is 4.30. The van der Waals surface area contributed by atoms with Crippen molar-refractivity contribution in [3.8, 4) is 0 Å². The summed E-state index contributed by atoms with van der Waals surface area (Å²) in [5.74, 6) is -0.609. The molecule has 0 aliphatic rings. The van der Waals surface area contributed by atoms with Crippen LogP contribution in [0.2, 0.25) is 0 Å². The van der Waals surface area contributed by atoms with Crippen molar-refractivity contribution < 1.29 is 26.0 Å². The summed E-state index contributed by atoms with van der Waals surface area (Å²) in [4.78, 5) is -0.552. The standard InChI is InChI=1S/C14H10BrF4NO2S/c15-12-6-5-10(7-11(12)14(17,18)19)23(21,22)20-8-9-3-1-2-4-13(9)16/h1-7,20H,8H2. The Balaban J connectivity index is 2.28. The van der Waals surface area contributed by atoms with Crippen molar-refractivity contribution in [3.63, 3.8) is 0 Å². The van der Waals surface area contributed by atoms with Crippen molar-refractivity contribution in [2.24, 2.45) is 0 Å². The van der Waals surface area contributed by atoms with E-state index in [1.807, 2.05) is 0 Å². The molecule has 0 aromatic heterocycles. The fourth-order valence-electron chi connectivity index (χ4n) is 1.79. The number of hydrogen-bond donors (Lipinski definition) is 1. The Morgan fingerprint density at radius 2 is 1.74 bits per heavy atom. The first-order valence-corrected chi connectivity index (χ1v) is 8.49. The Morgan fingerprint density at radius 1 is 1.09 bits per heavy atom. The minimum Gasteiger partial charge on any atom is -0.207 e. The Labute approximate surface area is 138 Å². The zero-order chi connectivity index (χ0) is 17.3. The lowest BCUT2D eigenvalue weighted by Gasteiger charge is -2.12. The molecule has 0 amide bonds. The van der Waals surface area contributed by atoms with Crippen LogP contribution >= 0.6 is 15.9 Å². The maximum absolute atomic E-state index is 13.5. The number of benzene rings is 2. The second-order valence-corrected chi connectivity index (χ2v) is 7.18. The van der Waals surface area contributed by atoms with E-state index in [-0.39, 0.29) is 16.6 Å². The normalized spacial score (nSPS) is 12.4. The van der Waals surface area contributed by atoms with Gasteiger partial charge in [0.2, 0.25) is 10.0 Å². The van der Waals surface area contributed by atoms with Crippen molar-refractivity contribution >= 4 is 26.0 Å². The predicted molar refractivity (Wildman–Crippen MR) is 79.6 cm³/mol. The fourth-order valence-corrected chi connectivity index (χ4v) is 3.29. The minimum absolute atomic E-state index is 0.0873. The van der Waals surface area contributed by atoms with E-state index in [1.165, 1.54) is 18.2 Å². The summed E-state index contributed by atoms with van der Waals surface area (Å²) in [5.41, 5.74) is -1.02. The lowest BCUT2D eigenvalue weighted by atomic mass is 10.2. The molecule has 2 aromatic rings. The van der Waals surface area contributed by atoms with Gasteiger partial charge in [0.05, 0.1) is 10.5 Å². The van der Waals surface area contributed by atoms with Gasteiger partial charge >= 0.3 is 6.18 Å². The Bertz CT molecular complexity index is 822. The highest BCUT2D eigenvalue weighted by Crippen LogP contribution is 2.36. The zero-order valence-electron chi connectivity index (χ0n) is 11.4. The molecule has 0 saturated heterocycles. The highest BCUT2D eigenvalue weighted by atomic mass is 79.9. The number of halogens is 5. The average Bonchev–Trinajstić information content (AvgIpc) is 2.45. The van der Waals surface area contributed by atoms with Crippen LogP contribution in [0.5, 0.6) is 0 Å². The van der Waals surface area contributed by atoms with Gasteiger partial charge < -0.3 is 0 Å². The molecule has 3 nitrogen and oxygen atoms in total. The Kier molecular flexibility index (Phi) is 5.12. The SMILES string of the molecule is O=S(=O)(NCc1ccccc1F)c1ccc(Br)c(C(F)(F)F)c1. The highest BCUT2D eigenvalue weighted by molar-refractivity contribution is 9.10. The predicted octanol–water partition coefficient (Wildman–Crippen LogP) is 4.09. The summed E-state index contributed by atoms with van der Waals surface area (Å²) in [6, 6.07) is 8.05. The second kappa shape index (κ2) is 6.58. The van der Waals surface area contributed by atoms with Crippen molar-refractivity contribution in [1.29, 1.82) is 0 Å². The van der Waals surface area contributed by atoms with E-state index in [0.717, 1.165) is 18.2 Å². The van der Waals surface area contributed by atoms with Crippen LogP contribution in [0.25, 0.3) is 0 Å².